The Labute approximate surface area is 119 Å². The number of fused-ring (bicyclic) bond motifs is 5. The number of imide groups is 1. The highest BCUT2D eigenvalue weighted by Crippen LogP contribution is 2.53. The molecule has 1 saturated heterocycles. The largest absolute Gasteiger partial charge is 0.328 e. The van der Waals surface area contributed by atoms with Gasteiger partial charge in [-0.3, -0.25) is 14.5 Å². The lowest BCUT2D eigenvalue weighted by molar-refractivity contribution is -0.144. The number of hydrogen-bond donors (Lipinski definition) is 1. The summed E-state index contributed by atoms with van der Waals surface area (Å²) in [7, 11) is 0. The molecule has 4 rings (SSSR count). The van der Waals surface area contributed by atoms with Gasteiger partial charge in [-0.05, 0) is 37.0 Å². The number of rotatable bonds is 3. The van der Waals surface area contributed by atoms with Crippen LogP contribution in [0.1, 0.15) is 32.1 Å². The van der Waals surface area contributed by atoms with Crippen LogP contribution in [-0.4, -0.2) is 29.3 Å². The molecular weight excluding hydrogens is 252 g/mol. The molecule has 0 aromatic carbocycles. The predicted octanol–water partition coefficient (Wildman–Crippen LogP) is 1.31. The molecule has 1 heterocycles. The fourth-order valence-corrected chi connectivity index (χ4v) is 5.10. The summed E-state index contributed by atoms with van der Waals surface area (Å²) in [6, 6.07) is -0.0532. The van der Waals surface area contributed by atoms with Gasteiger partial charge in [-0.1, -0.05) is 25.0 Å². The molecule has 0 aromatic rings. The molecule has 0 spiro atoms. The van der Waals surface area contributed by atoms with Crippen LogP contribution >= 0.6 is 0 Å². The van der Waals surface area contributed by atoms with Gasteiger partial charge in [-0.25, -0.2) is 0 Å². The molecule has 5 atom stereocenters. The molecule has 5 unspecified atom stereocenters. The summed E-state index contributed by atoms with van der Waals surface area (Å²) in [6.45, 7) is 0.421. The van der Waals surface area contributed by atoms with E-state index in [4.69, 9.17) is 5.73 Å². The van der Waals surface area contributed by atoms with Crippen LogP contribution in [0.25, 0.3) is 0 Å². The first-order valence-electron chi connectivity index (χ1n) is 7.97. The lowest BCUT2D eigenvalue weighted by atomic mass is 9.85. The fraction of sp³-hybridized carbons (Fsp3) is 0.750. The second kappa shape index (κ2) is 4.42. The van der Waals surface area contributed by atoms with E-state index in [2.05, 4.69) is 12.2 Å². The second-order valence-corrected chi connectivity index (χ2v) is 6.89. The zero-order chi connectivity index (χ0) is 13.9. The van der Waals surface area contributed by atoms with E-state index in [9.17, 15) is 9.59 Å². The highest BCUT2D eigenvalue weighted by atomic mass is 16.2. The number of likely N-dealkylation sites (tertiary alicyclic amines) is 1. The Bertz CT molecular complexity index is 451. The zero-order valence-electron chi connectivity index (χ0n) is 11.7. The summed E-state index contributed by atoms with van der Waals surface area (Å²) in [4.78, 5) is 27.1. The van der Waals surface area contributed by atoms with Gasteiger partial charge in [-0.2, -0.15) is 0 Å². The zero-order valence-corrected chi connectivity index (χ0v) is 11.7. The van der Waals surface area contributed by atoms with E-state index in [1.54, 1.807) is 4.90 Å². The Morgan fingerprint density at radius 3 is 2.15 bits per heavy atom. The molecule has 1 aliphatic heterocycles. The number of amides is 2. The number of carbonyl (C=O) groups is 2. The maximum absolute atomic E-state index is 12.8. The first-order chi connectivity index (χ1) is 9.72. The third kappa shape index (κ3) is 1.51. The van der Waals surface area contributed by atoms with E-state index in [0.717, 1.165) is 19.3 Å². The van der Waals surface area contributed by atoms with Crippen molar-refractivity contribution in [2.75, 3.05) is 6.54 Å². The minimum atomic E-state index is -0.0760. The van der Waals surface area contributed by atoms with E-state index in [1.165, 1.54) is 12.8 Å². The number of nitrogens with two attached hydrogens (primary N) is 1. The van der Waals surface area contributed by atoms with Crippen LogP contribution in [0, 0.1) is 29.6 Å². The molecule has 4 heteroatoms. The Kier molecular flexibility index (Phi) is 2.78. The standard InChI is InChI=1S/C16H22N2O2/c17-8-12(9-3-1-2-4-9)18-15(19)13-10-5-6-11(7-10)14(13)16(18)20/h5-6,9-14H,1-4,7-8,17H2. The lowest BCUT2D eigenvalue weighted by Crippen LogP contribution is -2.49. The Balaban J connectivity index is 1.63. The molecule has 2 saturated carbocycles. The molecule has 2 bridgehead atoms. The van der Waals surface area contributed by atoms with E-state index < -0.39 is 0 Å². The molecule has 108 valence electrons. The molecule has 4 aliphatic rings. The molecular formula is C16H22N2O2. The van der Waals surface area contributed by atoms with Crippen LogP contribution < -0.4 is 5.73 Å². The maximum Gasteiger partial charge on any atom is 0.234 e. The summed E-state index contributed by atoms with van der Waals surface area (Å²) in [6.07, 6.45) is 9.92. The number of allylic oxidation sites excluding steroid dienone is 2. The minimum absolute atomic E-state index is 0.0532. The summed E-state index contributed by atoms with van der Waals surface area (Å²) < 4.78 is 0. The van der Waals surface area contributed by atoms with Crippen molar-refractivity contribution in [1.29, 1.82) is 0 Å². The van der Waals surface area contributed by atoms with Gasteiger partial charge in [0.1, 0.15) is 0 Å². The van der Waals surface area contributed by atoms with E-state index in [1.807, 2.05) is 0 Å². The Hall–Kier alpha value is -1.16. The molecule has 2 amide bonds. The van der Waals surface area contributed by atoms with Gasteiger partial charge in [0.25, 0.3) is 0 Å². The first kappa shape index (κ1) is 12.6. The summed E-state index contributed by atoms with van der Waals surface area (Å²) >= 11 is 0. The molecule has 3 fully saturated rings. The number of hydrogen-bond acceptors (Lipinski definition) is 3. The summed E-state index contributed by atoms with van der Waals surface area (Å²) in [5.41, 5.74) is 5.93. The van der Waals surface area contributed by atoms with Crippen molar-refractivity contribution in [2.24, 2.45) is 35.3 Å². The molecule has 2 N–H and O–H groups in total. The highest BCUT2D eigenvalue weighted by molar-refractivity contribution is 6.06. The van der Waals surface area contributed by atoms with Gasteiger partial charge in [0.05, 0.1) is 17.9 Å². The lowest BCUT2D eigenvalue weighted by Gasteiger charge is -2.31. The smallest absolute Gasteiger partial charge is 0.234 e. The topological polar surface area (TPSA) is 63.4 Å². The third-order valence-corrected chi connectivity index (χ3v) is 6.02. The number of carbonyl (C=O) groups excluding carboxylic acids is 2. The highest BCUT2D eigenvalue weighted by Gasteiger charge is 2.60. The van der Waals surface area contributed by atoms with Crippen LogP contribution in [-0.2, 0) is 9.59 Å². The van der Waals surface area contributed by atoms with Gasteiger partial charge in [0, 0.05) is 6.54 Å². The third-order valence-electron chi connectivity index (χ3n) is 6.02. The van der Waals surface area contributed by atoms with Crippen molar-refractivity contribution in [2.45, 2.75) is 38.1 Å². The van der Waals surface area contributed by atoms with E-state index in [0.29, 0.717) is 24.3 Å². The molecule has 0 aromatic heterocycles. The van der Waals surface area contributed by atoms with Crippen LogP contribution in [0.5, 0.6) is 0 Å². The van der Waals surface area contributed by atoms with Crippen molar-refractivity contribution in [1.82, 2.24) is 4.90 Å². The second-order valence-electron chi connectivity index (χ2n) is 6.89. The summed E-state index contributed by atoms with van der Waals surface area (Å²) in [5, 5.41) is 0. The summed E-state index contributed by atoms with van der Waals surface area (Å²) in [5.74, 6) is 1.01. The monoisotopic (exact) mass is 274 g/mol. The predicted molar refractivity (Wildman–Crippen MR) is 74.4 cm³/mol. The molecule has 20 heavy (non-hydrogen) atoms. The molecule has 0 radical (unpaired) electrons. The van der Waals surface area contributed by atoms with Gasteiger partial charge in [0.15, 0.2) is 0 Å². The Morgan fingerprint density at radius 2 is 1.65 bits per heavy atom. The van der Waals surface area contributed by atoms with Crippen molar-refractivity contribution in [3.05, 3.63) is 12.2 Å². The van der Waals surface area contributed by atoms with Crippen molar-refractivity contribution in [3.63, 3.8) is 0 Å². The van der Waals surface area contributed by atoms with Gasteiger partial charge < -0.3 is 5.73 Å². The average molecular weight is 274 g/mol. The van der Waals surface area contributed by atoms with Crippen molar-refractivity contribution >= 4 is 11.8 Å². The van der Waals surface area contributed by atoms with Crippen molar-refractivity contribution in [3.8, 4) is 0 Å². The van der Waals surface area contributed by atoms with Crippen LogP contribution in [0.2, 0.25) is 0 Å². The van der Waals surface area contributed by atoms with E-state index in [-0.39, 0.29) is 29.7 Å². The molecule has 4 nitrogen and oxygen atoms in total. The SMILES string of the molecule is NCC(C1CCCC1)N1C(=O)C2C3C=CC(C3)C2C1=O. The van der Waals surface area contributed by atoms with Crippen LogP contribution in [0.3, 0.4) is 0 Å². The maximum atomic E-state index is 12.8. The van der Waals surface area contributed by atoms with Gasteiger partial charge >= 0.3 is 0 Å². The van der Waals surface area contributed by atoms with Crippen LogP contribution in [0.4, 0.5) is 0 Å². The van der Waals surface area contributed by atoms with E-state index >= 15 is 0 Å². The quantitative estimate of drug-likeness (QED) is 0.623. The minimum Gasteiger partial charge on any atom is -0.328 e. The van der Waals surface area contributed by atoms with Gasteiger partial charge in [0.2, 0.25) is 11.8 Å². The van der Waals surface area contributed by atoms with Crippen molar-refractivity contribution < 1.29 is 9.59 Å². The number of nitrogens with zero attached hydrogens (tertiary/aromatic N) is 1. The normalized spacial score (nSPS) is 41.0. The first-order valence-corrected chi connectivity index (χ1v) is 7.97. The fourth-order valence-electron chi connectivity index (χ4n) is 5.10. The Morgan fingerprint density at radius 1 is 1.10 bits per heavy atom. The van der Waals surface area contributed by atoms with Crippen LogP contribution in [0.15, 0.2) is 12.2 Å². The average Bonchev–Trinajstić information content (AvgIpc) is 3.19. The van der Waals surface area contributed by atoms with Gasteiger partial charge in [-0.15, -0.1) is 0 Å². The molecule has 3 aliphatic carbocycles.